The molecule has 1 aromatic heterocycles. The molecule has 1 fully saturated rings. The van der Waals surface area contributed by atoms with Crippen LogP contribution in [-0.2, 0) is 34.1 Å². The molecule has 1 unspecified atom stereocenters. The van der Waals surface area contributed by atoms with Crippen LogP contribution in [0.5, 0.6) is 0 Å². The molecular weight excluding hydrogens is 290 g/mol. The number of hydrogen-bond donors (Lipinski definition) is 1. The van der Waals surface area contributed by atoms with E-state index < -0.39 is 10.0 Å². The Morgan fingerprint density at radius 1 is 1.38 bits per heavy atom. The van der Waals surface area contributed by atoms with Crippen LogP contribution in [0.1, 0.15) is 51.9 Å². The van der Waals surface area contributed by atoms with Gasteiger partial charge in [-0.25, -0.2) is 13.6 Å². The van der Waals surface area contributed by atoms with Gasteiger partial charge in [0.2, 0.25) is 10.0 Å². The standard InChI is InChI=1S/C14H25N3O3S/c1-5-11-13(21(15,18)19)12(6-2)17(16-11)9-10-7-8-14(3,4)20-10/h10H,5-9H2,1-4H3,(H2,15,18,19). The third-order valence-electron chi connectivity index (χ3n) is 3.96. The summed E-state index contributed by atoms with van der Waals surface area (Å²) in [4.78, 5) is 0.199. The third-order valence-corrected chi connectivity index (χ3v) is 5.00. The fraction of sp³-hybridized carbons (Fsp3) is 0.786. The number of hydrogen-bond acceptors (Lipinski definition) is 4. The molecule has 6 nitrogen and oxygen atoms in total. The van der Waals surface area contributed by atoms with Crippen molar-refractivity contribution in [2.45, 2.75) is 76.5 Å². The minimum Gasteiger partial charge on any atom is -0.370 e. The minimum absolute atomic E-state index is 0.0724. The Bertz CT molecular complexity index is 620. The van der Waals surface area contributed by atoms with Gasteiger partial charge in [-0.05, 0) is 39.5 Å². The summed E-state index contributed by atoms with van der Waals surface area (Å²) in [6.07, 6.45) is 3.16. The molecule has 1 aliphatic heterocycles. The van der Waals surface area contributed by atoms with Crippen LogP contribution < -0.4 is 5.14 Å². The first-order chi connectivity index (χ1) is 9.68. The van der Waals surface area contributed by atoms with E-state index in [2.05, 4.69) is 18.9 Å². The molecule has 1 aliphatic rings. The zero-order valence-corrected chi connectivity index (χ0v) is 14.0. The lowest BCUT2D eigenvalue weighted by Gasteiger charge is -2.19. The van der Waals surface area contributed by atoms with Crippen LogP contribution in [0.25, 0.3) is 0 Å². The molecule has 0 aliphatic carbocycles. The van der Waals surface area contributed by atoms with Crippen molar-refractivity contribution in [2.75, 3.05) is 0 Å². The summed E-state index contributed by atoms with van der Waals surface area (Å²) in [5, 5.41) is 9.82. The number of nitrogens with two attached hydrogens (primary N) is 1. The third kappa shape index (κ3) is 3.46. The highest BCUT2D eigenvalue weighted by molar-refractivity contribution is 7.89. The van der Waals surface area contributed by atoms with E-state index in [1.165, 1.54) is 0 Å². The molecule has 0 aromatic carbocycles. The van der Waals surface area contributed by atoms with Crippen molar-refractivity contribution in [2.24, 2.45) is 5.14 Å². The van der Waals surface area contributed by atoms with Crippen LogP contribution >= 0.6 is 0 Å². The summed E-state index contributed by atoms with van der Waals surface area (Å²) in [6.45, 7) is 8.53. The number of primary sulfonamides is 1. The Hall–Kier alpha value is -0.920. The van der Waals surface area contributed by atoms with E-state index in [0.29, 0.717) is 30.8 Å². The summed E-state index contributed by atoms with van der Waals surface area (Å²) in [5.41, 5.74) is 1.12. The maximum atomic E-state index is 11.8. The van der Waals surface area contributed by atoms with Gasteiger partial charge in [0.05, 0.1) is 29.6 Å². The molecule has 1 aromatic rings. The van der Waals surface area contributed by atoms with E-state index >= 15 is 0 Å². The Kier molecular flexibility index (Phi) is 4.46. The molecule has 21 heavy (non-hydrogen) atoms. The highest BCUT2D eigenvalue weighted by atomic mass is 32.2. The van der Waals surface area contributed by atoms with Gasteiger partial charge in [-0.1, -0.05) is 13.8 Å². The van der Waals surface area contributed by atoms with Gasteiger partial charge in [-0.3, -0.25) is 4.68 Å². The monoisotopic (exact) mass is 315 g/mol. The van der Waals surface area contributed by atoms with Crippen molar-refractivity contribution < 1.29 is 13.2 Å². The summed E-state index contributed by atoms with van der Waals surface area (Å²) in [7, 11) is -3.75. The van der Waals surface area contributed by atoms with Crippen molar-refractivity contribution in [3.05, 3.63) is 11.4 Å². The predicted octanol–water partition coefficient (Wildman–Crippen LogP) is 1.61. The molecular formula is C14H25N3O3S. The second-order valence-electron chi connectivity index (χ2n) is 6.19. The molecule has 0 saturated carbocycles. The first kappa shape index (κ1) is 16.5. The Morgan fingerprint density at radius 2 is 2.05 bits per heavy atom. The number of nitrogens with zero attached hydrogens (tertiary/aromatic N) is 2. The van der Waals surface area contributed by atoms with E-state index in [9.17, 15) is 8.42 Å². The quantitative estimate of drug-likeness (QED) is 0.894. The van der Waals surface area contributed by atoms with Gasteiger partial charge in [0, 0.05) is 0 Å². The normalized spacial score (nSPS) is 21.9. The van der Waals surface area contributed by atoms with Gasteiger partial charge in [0.25, 0.3) is 0 Å². The molecule has 0 bridgehead atoms. The Labute approximate surface area is 126 Å². The van der Waals surface area contributed by atoms with Gasteiger partial charge in [-0.2, -0.15) is 5.10 Å². The van der Waals surface area contributed by atoms with Crippen molar-refractivity contribution >= 4 is 10.0 Å². The molecule has 0 radical (unpaired) electrons. The van der Waals surface area contributed by atoms with Crippen molar-refractivity contribution in [3.8, 4) is 0 Å². The van der Waals surface area contributed by atoms with Crippen LogP contribution in [0.3, 0.4) is 0 Å². The maximum absolute atomic E-state index is 11.8. The molecule has 0 amide bonds. The highest BCUT2D eigenvalue weighted by Gasteiger charge is 2.33. The SMILES string of the molecule is CCc1nn(CC2CCC(C)(C)O2)c(CC)c1S(N)(=O)=O. The van der Waals surface area contributed by atoms with E-state index in [4.69, 9.17) is 9.88 Å². The molecule has 1 saturated heterocycles. The summed E-state index contributed by atoms with van der Waals surface area (Å²) in [5.74, 6) is 0. The van der Waals surface area contributed by atoms with Gasteiger partial charge in [0.1, 0.15) is 4.90 Å². The molecule has 2 heterocycles. The first-order valence-corrected chi connectivity index (χ1v) is 9.01. The van der Waals surface area contributed by atoms with Crippen LogP contribution in [0.2, 0.25) is 0 Å². The minimum atomic E-state index is -3.75. The summed E-state index contributed by atoms with van der Waals surface area (Å²) >= 11 is 0. The van der Waals surface area contributed by atoms with Crippen molar-refractivity contribution in [3.63, 3.8) is 0 Å². The second-order valence-corrected chi connectivity index (χ2v) is 7.69. The molecule has 2 rings (SSSR count). The average Bonchev–Trinajstić information content (AvgIpc) is 2.89. The van der Waals surface area contributed by atoms with Crippen LogP contribution in [0.15, 0.2) is 4.90 Å². The van der Waals surface area contributed by atoms with Gasteiger partial charge < -0.3 is 4.74 Å². The number of aromatic nitrogens is 2. The lowest BCUT2D eigenvalue weighted by molar-refractivity contribution is -0.0233. The van der Waals surface area contributed by atoms with Crippen molar-refractivity contribution in [1.82, 2.24) is 9.78 Å². The molecule has 120 valence electrons. The number of aryl methyl sites for hydroxylation is 1. The lowest BCUT2D eigenvalue weighted by atomic mass is 10.1. The highest BCUT2D eigenvalue weighted by Crippen LogP contribution is 2.31. The van der Waals surface area contributed by atoms with Crippen LogP contribution in [-0.4, -0.2) is 29.9 Å². The van der Waals surface area contributed by atoms with Gasteiger partial charge in [0.15, 0.2) is 0 Å². The van der Waals surface area contributed by atoms with Crippen LogP contribution in [0, 0.1) is 0 Å². The largest absolute Gasteiger partial charge is 0.370 e. The summed E-state index contributed by atoms with van der Waals surface area (Å²) in [6, 6.07) is 0. The molecule has 1 atom stereocenters. The molecule has 7 heteroatoms. The van der Waals surface area contributed by atoms with Gasteiger partial charge in [-0.15, -0.1) is 0 Å². The van der Waals surface area contributed by atoms with E-state index in [1.807, 2.05) is 13.8 Å². The van der Waals surface area contributed by atoms with Crippen molar-refractivity contribution in [1.29, 1.82) is 0 Å². The zero-order valence-electron chi connectivity index (χ0n) is 13.2. The van der Waals surface area contributed by atoms with E-state index in [-0.39, 0.29) is 16.6 Å². The topological polar surface area (TPSA) is 87.2 Å². The fourth-order valence-corrected chi connectivity index (χ4v) is 4.08. The number of ether oxygens (including phenoxy) is 1. The number of rotatable bonds is 5. The Balaban J connectivity index is 2.35. The van der Waals surface area contributed by atoms with E-state index in [1.54, 1.807) is 4.68 Å². The van der Waals surface area contributed by atoms with E-state index in [0.717, 1.165) is 12.8 Å². The molecule has 0 spiro atoms. The Morgan fingerprint density at radius 3 is 2.48 bits per heavy atom. The predicted molar refractivity (Wildman–Crippen MR) is 80.5 cm³/mol. The second kappa shape index (κ2) is 5.70. The zero-order chi connectivity index (χ0) is 15.8. The lowest BCUT2D eigenvalue weighted by Crippen LogP contribution is -2.24. The van der Waals surface area contributed by atoms with Crippen LogP contribution in [0.4, 0.5) is 0 Å². The summed E-state index contributed by atoms with van der Waals surface area (Å²) < 4.78 is 31.4. The fourth-order valence-electron chi connectivity index (χ4n) is 2.99. The maximum Gasteiger partial charge on any atom is 0.241 e. The first-order valence-electron chi connectivity index (χ1n) is 7.47. The number of sulfonamides is 1. The average molecular weight is 315 g/mol. The van der Waals surface area contributed by atoms with Gasteiger partial charge >= 0.3 is 0 Å². The smallest absolute Gasteiger partial charge is 0.241 e. The molecule has 2 N–H and O–H groups in total.